The van der Waals surface area contributed by atoms with Gasteiger partial charge in [0, 0.05) is 31.2 Å². The molecule has 0 unspecified atom stereocenters. The number of ether oxygens (including phenoxy) is 3. The van der Waals surface area contributed by atoms with Gasteiger partial charge in [-0.3, -0.25) is 0 Å². The second kappa shape index (κ2) is 19.3. The third-order valence-electron chi connectivity index (χ3n) is 5.91. The van der Waals surface area contributed by atoms with Gasteiger partial charge in [-0.2, -0.15) is 0 Å². The lowest BCUT2D eigenvalue weighted by Gasteiger charge is -2.08. The van der Waals surface area contributed by atoms with E-state index in [0.717, 1.165) is 69.1 Å². The largest absolute Gasteiger partial charge is 0.494 e. The van der Waals surface area contributed by atoms with Gasteiger partial charge >= 0.3 is 0 Å². The standard InChI is InChI=1S/C29H46N2O3/c1-3-5-6-7-8-9-10-14-21-34-28-18-16-27(17-19-28)29-30-24-26(25-31-29)15-12-11-13-20-33-23-22-32-4-2/h16-19,24-25H,3-15,20-23H2,1-2H3. The topological polar surface area (TPSA) is 53.5 Å². The van der Waals surface area contributed by atoms with Gasteiger partial charge in [-0.25, -0.2) is 9.97 Å². The van der Waals surface area contributed by atoms with Gasteiger partial charge in [-0.1, -0.05) is 58.3 Å². The van der Waals surface area contributed by atoms with Gasteiger partial charge in [0.25, 0.3) is 0 Å². The molecule has 0 fully saturated rings. The molecule has 5 nitrogen and oxygen atoms in total. The van der Waals surface area contributed by atoms with E-state index < -0.39 is 0 Å². The zero-order valence-electron chi connectivity index (χ0n) is 21.6. The second-order valence-corrected chi connectivity index (χ2v) is 8.88. The molecule has 0 aliphatic rings. The molecule has 1 aromatic carbocycles. The highest BCUT2D eigenvalue weighted by atomic mass is 16.5. The molecule has 190 valence electrons. The third-order valence-corrected chi connectivity index (χ3v) is 5.91. The van der Waals surface area contributed by atoms with Crippen molar-refractivity contribution in [1.29, 1.82) is 0 Å². The van der Waals surface area contributed by atoms with Crippen molar-refractivity contribution in [2.24, 2.45) is 0 Å². The Morgan fingerprint density at radius 2 is 1.24 bits per heavy atom. The lowest BCUT2D eigenvalue weighted by Crippen LogP contribution is -2.04. The zero-order valence-corrected chi connectivity index (χ0v) is 21.6. The lowest BCUT2D eigenvalue weighted by atomic mass is 10.1. The van der Waals surface area contributed by atoms with E-state index in [1.165, 1.54) is 50.5 Å². The van der Waals surface area contributed by atoms with Crippen LogP contribution in [0.5, 0.6) is 5.75 Å². The number of rotatable bonds is 21. The summed E-state index contributed by atoms with van der Waals surface area (Å²) >= 11 is 0. The van der Waals surface area contributed by atoms with Gasteiger partial charge in [-0.15, -0.1) is 0 Å². The molecule has 0 aliphatic carbocycles. The average molecular weight is 471 g/mol. The van der Waals surface area contributed by atoms with Crippen LogP contribution in [0.3, 0.4) is 0 Å². The number of nitrogens with zero attached hydrogens (tertiary/aromatic N) is 2. The molecule has 2 rings (SSSR count). The van der Waals surface area contributed by atoms with Crippen LogP contribution in [0, 0.1) is 0 Å². The van der Waals surface area contributed by atoms with Gasteiger partial charge < -0.3 is 14.2 Å². The average Bonchev–Trinajstić information content (AvgIpc) is 2.87. The SMILES string of the molecule is CCCCCCCCCCOc1ccc(-c2ncc(CCCCCOCCOCC)cn2)cc1. The summed E-state index contributed by atoms with van der Waals surface area (Å²) < 4.78 is 16.7. The number of unbranched alkanes of at least 4 members (excludes halogenated alkanes) is 9. The van der Waals surface area contributed by atoms with Gasteiger partial charge in [0.15, 0.2) is 5.82 Å². The van der Waals surface area contributed by atoms with Gasteiger partial charge in [0.05, 0.1) is 19.8 Å². The summed E-state index contributed by atoms with van der Waals surface area (Å²) in [6, 6.07) is 8.13. The molecule has 0 saturated carbocycles. The quantitative estimate of drug-likeness (QED) is 0.178. The van der Waals surface area contributed by atoms with Crippen molar-refractivity contribution in [1.82, 2.24) is 9.97 Å². The third kappa shape index (κ3) is 13.0. The van der Waals surface area contributed by atoms with E-state index in [1.807, 2.05) is 43.6 Å². The molecule has 0 radical (unpaired) electrons. The van der Waals surface area contributed by atoms with Crippen molar-refractivity contribution in [3.05, 3.63) is 42.2 Å². The van der Waals surface area contributed by atoms with E-state index in [9.17, 15) is 0 Å². The fraction of sp³-hybridized carbons (Fsp3) is 0.655. The van der Waals surface area contributed by atoms with Gasteiger partial charge in [0.1, 0.15) is 5.75 Å². The molecule has 0 spiro atoms. The van der Waals surface area contributed by atoms with E-state index in [1.54, 1.807) is 0 Å². The molecule has 0 atom stereocenters. The second-order valence-electron chi connectivity index (χ2n) is 8.88. The summed E-state index contributed by atoms with van der Waals surface area (Å²) in [5.74, 6) is 1.69. The molecule has 2 aromatic rings. The zero-order chi connectivity index (χ0) is 24.1. The molecule has 0 N–H and O–H groups in total. The Morgan fingerprint density at radius 1 is 0.618 bits per heavy atom. The lowest BCUT2D eigenvalue weighted by molar-refractivity contribution is 0.0513. The normalized spacial score (nSPS) is 11.1. The number of aryl methyl sites for hydroxylation is 1. The Balaban J connectivity index is 1.57. The Bertz CT molecular complexity index is 656. The van der Waals surface area contributed by atoms with Crippen molar-refractivity contribution < 1.29 is 14.2 Å². The van der Waals surface area contributed by atoms with E-state index in [-0.39, 0.29) is 0 Å². The number of benzene rings is 1. The van der Waals surface area contributed by atoms with Crippen LogP contribution >= 0.6 is 0 Å². The first kappa shape index (κ1) is 28.3. The predicted octanol–water partition coefficient (Wildman–Crippen LogP) is 7.43. The van der Waals surface area contributed by atoms with Crippen molar-refractivity contribution in [2.75, 3.05) is 33.0 Å². The summed E-state index contributed by atoms with van der Waals surface area (Å²) in [4.78, 5) is 9.13. The van der Waals surface area contributed by atoms with Crippen LogP contribution in [0.4, 0.5) is 0 Å². The smallest absolute Gasteiger partial charge is 0.159 e. The van der Waals surface area contributed by atoms with Crippen LogP contribution in [-0.2, 0) is 15.9 Å². The Labute approximate surface area is 207 Å². The first-order valence-corrected chi connectivity index (χ1v) is 13.5. The molecule has 1 heterocycles. The molecule has 0 amide bonds. The van der Waals surface area contributed by atoms with Crippen LogP contribution in [0.1, 0.15) is 90.0 Å². The van der Waals surface area contributed by atoms with Crippen LogP contribution < -0.4 is 4.74 Å². The monoisotopic (exact) mass is 470 g/mol. The number of hydrogen-bond acceptors (Lipinski definition) is 5. The van der Waals surface area contributed by atoms with Crippen molar-refractivity contribution >= 4 is 0 Å². The van der Waals surface area contributed by atoms with E-state index >= 15 is 0 Å². The summed E-state index contributed by atoms with van der Waals surface area (Å²) in [7, 11) is 0. The number of hydrogen-bond donors (Lipinski definition) is 0. The minimum absolute atomic E-state index is 0.690. The molecular formula is C29H46N2O3. The molecular weight excluding hydrogens is 424 g/mol. The van der Waals surface area contributed by atoms with Crippen molar-refractivity contribution in [2.45, 2.75) is 90.9 Å². The first-order chi connectivity index (χ1) is 16.8. The minimum Gasteiger partial charge on any atom is -0.494 e. The van der Waals surface area contributed by atoms with Crippen LogP contribution in [0.15, 0.2) is 36.7 Å². The molecule has 0 bridgehead atoms. The van der Waals surface area contributed by atoms with Crippen molar-refractivity contribution in [3.63, 3.8) is 0 Å². The van der Waals surface area contributed by atoms with Gasteiger partial charge in [0.2, 0.25) is 0 Å². The molecule has 5 heteroatoms. The highest BCUT2D eigenvalue weighted by Gasteiger charge is 2.03. The van der Waals surface area contributed by atoms with Gasteiger partial charge in [-0.05, 0) is 62.4 Å². The highest BCUT2D eigenvalue weighted by Crippen LogP contribution is 2.20. The van der Waals surface area contributed by atoms with Crippen LogP contribution in [-0.4, -0.2) is 43.0 Å². The van der Waals surface area contributed by atoms with Crippen LogP contribution in [0.2, 0.25) is 0 Å². The summed E-state index contributed by atoms with van der Waals surface area (Å²) in [6.45, 7) is 8.00. The maximum Gasteiger partial charge on any atom is 0.159 e. The van der Waals surface area contributed by atoms with E-state index in [4.69, 9.17) is 14.2 Å². The highest BCUT2D eigenvalue weighted by molar-refractivity contribution is 5.55. The minimum atomic E-state index is 0.690. The van der Waals surface area contributed by atoms with E-state index in [2.05, 4.69) is 16.9 Å². The Hall–Kier alpha value is -1.98. The van der Waals surface area contributed by atoms with E-state index in [0.29, 0.717) is 13.2 Å². The predicted molar refractivity (Wildman–Crippen MR) is 140 cm³/mol. The summed E-state index contributed by atoms with van der Waals surface area (Å²) in [6.07, 6.45) is 18.8. The fourth-order valence-electron chi connectivity index (χ4n) is 3.83. The molecule has 0 aliphatic heterocycles. The number of aromatic nitrogens is 2. The maximum atomic E-state index is 5.90. The molecule has 34 heavy (non-hydrogen) atoms. The summed E-state index contributed by atoms with van der Waals surface area (Å²) in [5, 5.41) is 0. The molecule has 0 saturated heterocycles. The first-order valence-electron chi connectivity index (χ1n) is 13.5. The Morgan fingerprint density at radius 3 is 1.94 bits per heavy atom. The van der Waals surface area contributed by atoms with Crippen molar-refractivity contribution in [3.8, 4) is 17.1 Å². The molecule has 1 aromatic heterocycles. The summed E-state index contributed by atoms with van der Waals surface area (Å²) in [5.41, 5.74) is 2.21. The maximum absolute atomic E-state index is 5.90. The Kier molecular flexibility index (Phi) is 16.1. The van der Waals surface area contributed by atoms with Crippen LogP contribution in [0.25, 0.3) is 11.4 Å². The fourth-order valence-corrected chi connectivity index (χ4v) is 3.83.